The molecule has 0 atom stereocenters. The van der Waals surface area contributed by atoms with E-state index in [9.17, 15) is 8.78 Å². The van der Waals surface area contributed by atoms with Gasteiger partial charge in [-0.3, -0.25) is 0 Å². The maximum Gasteiger partial charge on any atom is 0.162 e. The average molecular weight is 250 g/mol. The summed E-state index contributed by atoms with van der Waals surface area (Å²) in [4.78, 5) is 0. The molecule has 0 aromatic heterocycles. The summed E-state index contributed by atoms with van der Waals surface area (Å²) in [6, 6.07) is 9.17. The molecule has 2 rings (SSSR count). The maximum absolute atomic E-state index is 13.3. The van der Waals surface area contributed by atoms with E-state index in [1.165, 1.54) is 7.11 Å². The molecule has 0 bridgehead atoms. The first kappa shape index (κ1) is 12.4. The predicted molar refractivity (Wildman–Crippen MR) is 64.9 cm³/mol. The van der Waals surface area contributed by atoms with Crippen LogP contribution >= 0.6 is 0 Å². The molecule has 0 N–H and O–H groups in total. The molecule has 18 heavy (non-hydrogen) atoms. The number of ether oxygens (including phenoxy) is 2. The van der Waals surface area contributed by atoms with Crippen LogP contribution in [0.1, 0.15) is 0 Å². The number of rotatable bonds is 3. The van der Waals surface area contributed by atoms with E-state index >= 15 is 0 Å². The highest BCUT2D eigenvalue weighted by molar-refractivity contribution is 5.71. The molecule has 0 saturated heterocycles. The Balaban J connectivity index is 2.51. The van der Waals surface area contributed by atoms with Gasteiger partial charge >= 0.3 is 0 Å². The number of hydrogen-bond donors (Lipinski definition) is 0. The van der Waals surface area contributed by atoms with E-state index in [2.05, 4.69) is 0 Å². The summed E-state index contributed by atoms with van der Waals surface area (Å²) >= 11 is 0. The highest BCUT2D eigenvalue weighted by atomic mass is 19.2. The summed E-state index contributed by atoms with van der Waals surface area (Å²) < 4.78 is 36.5. The van der Waals surface area contributed by atoms with Crippen LogP contribution in [0.2, 0.25) is 0 Å². The van der Waals surface area contributed by atoms with Gasteiger partial charge in [0.1, 0.15) is 11.5 Å². The molecule has 0 amide bonds. The molecule has 0 radical (unpaired) electrons. The number of hydrogen-bond acceptors (Lipinski definition) is 2. The van der Waals surface area contributed by atoms with Crippen LogP contribution in [0.25, 0.3) is 11.1 Å². The lowest BCUT2D eigenvalue weighted by atomic mass is 10.0. The Kier molecular flexibility index (Phi) is 3.46. The van der Waals surface area contributed by atoms with Crippen LogP contribution in [-0.2, 0) is 0 Å². The lowest BCUT2D eigenvalue weighted by molar-refractivity contribution is 0.408. The summed E-state index contributed by atoms with van der Waals surface area (Å²) in [7, 11) is 2.98. The van der Waals surface area contributed by atoms with Gasteiger partial charge < -0.3 is 9.47 Å². The second kappa shape index (κ2) is 5.04. The van der Waals surface area contributed by atoms with Crippen LogP contribution in [0.4, 0.5) is 8.78 Å². The number of benzene rings is 2. The average Bonchev–Trinajstić information content (AvgIpc) is 2.41. The second-order valence-electron chi connectivity index (χ2n) is 3.70. The summed E-state index contributed by atoms with van der Waals surface area (Å²) in [5.41, 5.74) is 1.23. The third-order valence-electron chi connectivity index (χ3n) is 2.64. The normalized spacial score (nSPS) is 10.2. The van der Waals surface area contributed by atoms with E-state index in [4.69, 9.17) is 9.47 Å². The predicted octanol–water partition coefficient (Wildman–Crippen LogP) is 3.65. The van der Waals surface area contributed by atoms with Gasteiger partial charge in [0.15, 0.2) is 11.6 Å². The van der Waals surface area contributed by atoms with Crippen molar-refractivity contribution in [1.29, 1.82) is 0 Å². The van der Waals surface area contributed by atoms with Crippen molar-refractivity contribution >= 4 is 0 Å². The van der Waals surface area contributed by atoms with E-state index in [-0.39, 0.29) is 0 Å². The standard InChI is InChI=1S/C14H12F2O2/c1-17-10-5-3-9(4-6-10)11-7-12(15)13(16)8-14(11)18-2/h3-8H,1-2H3. The molecule has 2 aromatic rings. The van der Waals surface area contributed by atoms with Gasteiger partial charge in [0.2, 0.25) is 0 Å². The monoisotopic (exact) mass is 250 g/mol. The molecule has 4 heteroatoms. The van der Waals surface area contributed by atoms with Crippen molar-refractivity contribution in [3.05, 3.63) is 48.0 Å². The van der Waals surface area contributed by atoms with Crippen molar-refractivity contribution in [2.45, 2.75) is 0 Å². The minimum absolute atomic E-state index is 0.291. The molecule has 2 aromatic carbocycles. The van der Waals surface area contributed by atoms with Crippen LogP contribution in [-0.4, -0.2) is 14.2 Å². The van der Waals surface area contributed by atoms with Crippen LogP contribution in [0.5, 0.6) is 11.5 Å². The van der Waals surface area contributed by atoms with Gasteiger partial charge in [-0.1, -0.05) is 12.1 Å². The highest BCUT2D eigenvalue weighted by Gasteiger charge is 2.12. The van der Waals surface area contributed by atoms with Gasteiger partial charge in [-0.15, -0.1) is 0 Å². The zero-order valence-electron chi connectivity index (χ0n) is 10.0. The topological polar surface area (TPSA) is 18.5 Å². The third kappa shape index (κ3) is 2.27. The summed E-state index contributed by atoms with van der Waals surface area (Å²) in [6.45, 7) is 0. The smallest absolute Gasteiger partial charge is 0.162 e. The van der Waals surface area contributed by atoms with Crippen molar-refractivity contribution in [3.8, 4) is 22.6 Å². The van der Waals surface area contributed by atoms with Gasteiger partial charge in [0, 0.05) is 11.6 Å². The van der Waals surface area contributed by atoms with Gasteiger partial charge in [0.25, 0.3) is 0 Å². The minimum atomic E-state index is -0.927. The van der Waals surface area contributed by atoms with E-state index in [1.807, 2.05) is 0 Å². The molecule has 94 valence electrons. The molecule has 0 aliphatic heterocycles. The first-order chi connectivity index (χ1) is 8.65. The molecule has 2 nitrogen and oxygen atoms in total. The van der Waals surface area contributed by atoms with Crippen molar-refractivity contribution < 1.29 is 18.3 Å². The fourth-order valence-corrected chi connectivity index (χ4v) is 1.69. The first-order valence-electron chi connectivity index (χ1n) is 5.33. The lowest BCUT2D eigenvalue weighted by Gasteiger charge is -2.10. The van der Waals surface area contributed by atoms with E-state index in [0.717, 1.165) is 17.7 Å². The summed E-state index contributed by atoms with van der Waals surface area (Å²) in [5, 5.41) is 0. The highest BCUT2D eigenvalue weighted by Crippen LogP contribution is 2.32. The number of methoxy groups -OCH3 is 2. The first-order valence-corrected chi connectivity index (χ1v) is 5.33. The van der Waals surface area contributed by atoms with Crippen molar-refractivity contribution in [1.82, 2.24) is 0 Å². The zero-order chi connectivity index (χ0) is 13.1. The van der Waals surface area contributed by atoms with Crippen molar-refractivity contribution in [2.24, 2.45) is 0 Å². The van der Waals surface area contributed by atoms with Crippen LogP contribution in [0.3, 0.4) is 0 Å². The quantitative estimate of drug-likeness (QED) is 0.827. The molecule has 0 heterocycles. The molecular formula is C14H12F2O2. The van der Waals surface area contributed by atoms with Gasteiger partial charge in [-0.25, -0.2) is 8.78 Å². The van der Waals surface area contributed by atoms with Gasteiger partial charge in [-0.05, 0) is 23.8 Å². The maximum atomic E-state index is 13.3. The molecule has 0 aliphatic carbocycles. The lowest BCUT2D eigenvalue weighted by Crippen LogP contribution is -1.93. The zero-order valence-corrected chi connectivity index (χ0v) is 10.0. The van der Waals surface area contributed by atoms with Crippen LogP contribution in [0, 0.1) is 11.6 Å². The number of halogens is 2. The summed E-state index contributed by atoms with van der Waals surface area (Å²) in [6.07, 6.45) is 0. The van der Waals surface area contributed by atoms with Gasteiger partial charge in [0.05, 0.1) is 14.2 Å². The Morgan fingerprint density at radius 1 is 0.833 bits per heavy atom. The Morgan fingerprint density at radius 2 is 1.44 bits per heavy atom. The second-order valence-corrected chi connectivity index (χ2v) is 3.70. The third-order valence-corrected chi connectivity index (χ3v) is 2.64. The van der Waals surface area contributed by atoms with E-state index < -0.39 is 11.6 Å². The summed E-state index contributed by atoms with van der Waals surface area (Å²) in [5.74, 6) is -0.843. The molecule has 0 aliphatic rings. The largest absolute Gasteiger partial charge is 0.497 e. The Morgan fingerprint density at radius 3 is 2.00 bits per heavy atom. The van der Waals surface area contributed by atoms with Crippen molar-refractivity contribution in [3.63, 3.8) is 0 Å². The SMILES string of the molecule is COc1ccc(-c2cc(F)c(F)cc2OC)cc1. The molecular weight excluding hydrogens is 238 g/mol. The van der Waals surface area contributed by atoms with Crippen molar-refractivity contribution in [2.75, 3.05) is 14.2 Å². The van der Waals surface area contributed by atoms with Gasteiger partial charge in [-0.2, -0.15) is 0 Å². The molecule has 0 fully saturated rings. The molecule has 0 saturated carbocycles. The fraction of sp³-hybridized carbons (Fsp3) is 0.143. The molecule has 0 spiro atoms. The Hall–Kier alpha value is -2.10. The van der Waals surface area contributed by atoms with Crippen LogP contribution < -0.4 is 9.47 Å². The van der Waals surface area contributed by atoms with Crippen LogP contribution in [0.15, 0.2) is 36.4 Å². The minimum Gasteiger partial charge on any atom is -0.497 e. The molecule has 0 unspecified atom stereocenters. The van der Waals surface area contributed by atoms with E-state index in [0.29, 0.717) is 17.1 Å². The Bertz CT molecular complexity index is 550. The Labute approximate surface area is 104 Å². The fourth-order valence-electron chi connectivity index (χ4n) is 1.69. The van der Waals surface area contributed by atoms with E-state index in [1.54, 1.807) is 31.4 Å².